The lowest BCUT2D eigenvalue weighted by Gasteiger charge is -1.98. The molecular weight excluding hydrogens is 184 g/mol. The summed E-state index contributed by atoms with van der Waals surface area (Å²) in [4.78, 5) is 0. The molecule has 0 unspecified atom stereocenters. The summed E-state index contributed by atoms with van der Waals surface area (Å²) in [6, 6.07) is 8.57. The zero-order valence-corrected chi connectivity index (χ0v) is 9.28. The Morgan fingerprint density at radius 2 is 1.73 bits per heavy atom. The van der Waals surface area contributed by atoms with Gasteiger partial charge in [-0.2, -0.15) is 0 Å². The number of nitrogens with zero attached hydrogens (tertiary/aromatic N) is 2. The van der Waals surface area contributed by atoms with Crippen LogP contribution in [0.25, 0.3) is 21.8 Å². The molecule has 2 heterocycles. The molecule has 0 aliphatic carbocycles. The van der Waals surface area contributed by atoms with Crippen LogP contribution < -0.4 is 0 Å². The Balaban J connectivity index is 2.68. The van der Waals surface area contributed by atoms with Crippen molar-refractivity contribution in [2.75, 3.05) is 0 Å². The summed E-state index contributed by atoms with van der Waals surface area (Å²) in [7, 11) is 4.23. The average Bonchev–Trinajstić information content (AvgIpc) is 2.68. The molecule has 0 saturated heterocycles. The van der Waals surface area contributed by atoms with Crippen molar-refractivity contribution in [3.05, 3.63) is 36.2 Å². The van der Waals surface area contributed by atoms with Crippen LogP contribution in [0.4, 0.5) is 0 Å². The van der Waals surface area contributed by atoms with Gasteiger partial charge < -0.3 is 9.13 Å². The van der Waals surface area contributed by atoms with Gasteiger partial charge in [-0.1, -0.05) is 18.2 Å². The van der Waals surface area contributed by atoms with E-state index in [0.29, 0.717) is 0 Å². The molecule has 0 bridgehead atoms. The topological polar surface area (TPSA) is 9.86 Å². The molecule has 0 spiro atoms. The second-order valence-electron chi connectivity index (χ2n) is 4.16. The van der Waals surface area contributed by atoms with Crippen LogP contribution in [-0.2, 0) is 14.1 Å². The van der Waals surface area contributed by atoms with Crippen LogP contribution in [0, 0.1) is 6.92 Å². The largest absolute Gasteiger partial charge is 0.352 e. The lowest BCUT2D eigenvalue weighted by Crippen LogP contribution is -1.89. The van der Waals surface area contributed by atoms with Gasteiger partial charge in [-0.15, -0.1) is 0 Å². The minimum absolute atomic E-state index is 1.31. The van der Waals surface area contributed by atoms with Crippen LogP contribution in [0.15, 0.2) is 30.5 Å². The van der Waals surface area contributed by atoms with Gasteiger partial charge in [0.05, 0.1) is 5.52 Å². The van der Waals surface area contributed by atoms with Gasteiger partial charge in [0.25, 0.3) is 0 Å². The summed E-state index contributed by atoms with van der Waals surface area (Å²) in [5, 5.41) is 2.74. The molecule has 0 N–H and O–H groups in total. The molecular formula is C13H14N2. The predicted octanol–water partition coefficient (Wildman–Crippen LogP) is 2.98. The second kappa shape index (κ2) is 2.66. The fraction of sp³-hybridized carbons (Fsp3) is 0.231. The Labute approximate surface area is 88.7 Å². The number of hydrogen-bond acceptors (Lipinski definition) is 0. The number of rotatable bonds is 0. The highest BCUT2D eigenvalue weighted by Gasteiger charge is 2.12. The van der Waals surface area contributed by atoms with Crippen LogP contribution in [0.5, 0.6) is 0 Å². The monoisotopic (exact) mass is 198 g/mol. The van der Waals surface area contributed by atoms with Crippen molar-refractivity contribution in [3.63, 3.8) is 0 Å². The number of para-hydroxylation sites is 1. The van der Waals surface area contributed by atoms with Crippen molar-refractivity contribution in [2.45, 2.75) is 6.92 Å². The van der Waals surface area contributed by atoms with Crippen molar-refractivity contribution in [1.29, 1.82) is 0 Å². The molecule has 0 atom stereocenters. The Bertz CT molecular complexity index is 656. The van der Waals surface area contributed by atoms with Crippen molar-refractivity contribution >= 4 is 21.8 Å². The first-order chi connectivity index (χ1) is 7.20. The summed E-state index contributed by atoms with van der Waals surface area (Å²) in [6.07, 6.45) is 2.20. The lowest BCUT2D eigenvalue weighted by atomic mass is 10.2. The molecule has 0 aliphatic heterocycles. The molecule has 0 aliphatic rings. The smallest absolute Gasteiger partial charge is 0.0671 e. The molecule has 15 heavy (non-hydrogen) atoms. The van der Waals surface area contributed by atoms with Gasteiger partial charge in [0.2, 0.25) is 0 Å². The molecule has 0 fully saturated rings. The zero-order valence-electron chi connectivity index (χ0n) is 9.28. The summed E-state index contributed by atoms with van der Waals surface area (Å²) in [5.74, 6) is 0. The van der Waals surface area contributed by atoms with E-state index in [0.717, 1.165) is 0 Å². The van der Waals surface area contributed by atoms with Crippen LogP contribution in [0.3, 0.4) is 0 Å². The highest BCUT2D eigenvalue weighted by atomic mass is 15.0. The van der Waals surface area contributed by atoms with Crippen LogP contribution in [0.2, 0.25) is 0 Å². The van der Waals surface area contributed by atoms with Crippen molar-refractivity contribution in [1.82, 2.24) is 9.13 Å². The first-order valence-electron chi connectivity index (χ1n) is 5.19. The molecule has 0 radical (unpaired) electrons. The molecule has 2 heteroatoms. The van der Waals surface area contributed by atoms with E-state index >= 15 is 0 Å². The number of aryl methyl sites for hydroxylation is 3. The van der Waals surface area contributed by atoms with Gasteiger partial charge in [-0.3, -0.25) is 0 Å². The van der Waals surface area contributed by atoms with Crippen molar-refractivity contribution in [3.8, 4) is 0 Å². The SMILES string of the molecule is Cc1c2c3ccccc3n(C)c2cn1C. The highest BCUT2D eigenvalue weighted by molar-refractivity contribution is 6.09. The molecule has 3 aromatic rings. The first-order valence-corrected chi connectivity index (χ1v) is 5.19. The molecule has 1 aromatic carbocycles. The van der Waals surface area contributed by atoms with Gasteiger partial charge in [0.1, 0.15) is 0 Å². The summed E-state index contributed by atoms with van der Waals surface area (Å²) < 4.78 is 4.45. The lowest BCUT2D eigenvalue weighted by molar-refractivity contribution is 0.883. The normalized spacial score (nSPS) is 11.7. The second-order valence-corrected chi connectivity index (χ2v) is 4.16. The summed E-state index contributed by atoms with van der Waals surface area (Å²) >= 11 is 0. The van der Waals surface area contributed by atoms with E-state index in [2.05, 4.69) is 60.6 Å². The van der Waals surface area contributed by atoms with E-state index in [1.165, 1.54) is 27.5 Å². The van der Waals surface area contributed by atoms with Crippen LogP contribution in [0.1, 0.15) is 5.69 Å². The third-order valence-electron chi connectivity index (χ3n) is 3.36. The van der Waals surface area contributed by atoms with Gasteiger partial charge in [-0.05, 0) is 13.0 Å². The molecule has 76 valence electrons. The van der Waals surface area contributed by atoms with E-state index in [4.69, 9.17) is 0 Å². The Hall–Kier alpha value is -1.70. The quantitative estimate of drug-likeness (QED) is 0.525. The third kappa shape index (κ3) is 0.938. The molecule has 0 saturated carbocycles. The number of aromatic nitrogens is 2. The number of fused-ring (bicyclic) bond motifs is 3. The number of benzene rings is 1. The van der Waals surface area contributed by atoms with Gasteiger partial charge >= 0.3 is 0 Å². The van der Waals surface area contributed by atoms with Gasteiger partial charge in [0, 0.05) is 42.3 Å². The first kappa shape index (κ1) is 8.60. The van der Waals surface area contributed by atoms with E-state index in [1.807, 2.05) is 0 Å². The summed E-state index contributed by atoms with van der Waals surface area (Å²) in [6.45, 7) is 2.18. The molecule has 2 aromatic heterocycles. The predicted molar refractivity (Wildman–Crippen MR) is 64.1 cm³/mol. The number of hydrogen-bond donors (Lipinski definition) is 0. The van der Waals surface area contributed by atoms with E-state index in [-0.39, 0.29) is 0 Å². The van der Waals surface area contributed by atoms with Crippen molar-refractivity contribution < 1.29 is 0 Å². The van der Waals surface area contributed by atoms with Crippen molar-refractivity contribution in [2.24, 2.45) is 14.1 Å². The van der Waals surface area contributed by atoms with E-state index < -0.39 is 0 Å². The fourth-order valence-electron chi connectivity index (χ4n) is 2.40. The maximum atomic E-state index is 2.26. The third-order valence-corrected chi connectivity index (χ3v) is 3.36. The molecule has 0 amide bonds. The minimum atomic E-state index is 1.31. The minimum Gasteiger partial charge on any atom is -0.352 e. The molecule has 2 nitrogen and oxygen atoms in total. The Morgan fingerprint density at radius 3 is 2.53 bits per heavy atom. The van der Waals surface area contributed by atoms with E-state index in [9.17, 15) is 0 Å². The van der Waals surface area contributed by atoms with Crippen LogP contribution >= 0.6 is 0 Å². The van der Waals surface area contributed by atoms with Crippen LogP contribution in [-0.4, -0.2) is 9.13 Å². The maximum Gasteiger partial charge on any atom is 0.0671 e. The average molecular weight is 198 g/mol. The molecule has 3 rings (SSSR count). The van der Waals surface area contributed by atoms with Gasteiger partial charge in [0.15, 0.2) is 0 Å². The Morgan fingerprint density at radius 1 is 1.00 bits per heavy atom. The van der Waals surface area contributed by atoms with E-state index in [1.54, 1.807) is 0 Å². The highest BCUT2D eigenvalue weighted by Crippen LogP contribution is 2.30. The standard InChI is InChI=1S/C13H14N2/c1-9-13-10-6-4-5-7-11(10)15(3)12(13)8-14(9)2/h4-8H,1-3H3. The van der Waals surface area contributed by atoms with Gasteiger partial charge in [-0.25, -0.2) is 0 Å². The Kier molecular flexibility index (Phi) is 1.52. The zero-order chi connectivity index (χ0) is 10.6. The fourth-order valence-corrected chi connectivity index (χ4v) is 2.40. The summed E-state index contributed by atoms with van der Waals surface area (Å²) in [5.41, 5.74) is 3.96. The maximum absolute atomic E-state index is 2.26.